The Morgan fingerprint density at radius 3 is 2.63 bits per heavy atom. The molecule has 0 unspecified atom stereocenters. The third-order valence-corrected chi connectivity index (χ3v) is 4.61. The Morgan fingerprint density at radius 1 is 1.30 bits per heavy atom. The molecule has 1 N–H and O–H groups in total. The number of hydrogen-bond donors (Lipinski definition) is 1. The topological polar surface area (TPSA) is 101 Å². The number of nitro benzene ring substituents is 1. The first-order valence-electron chi connectivity index (χ1n) is 8.20. The van der Waals surface area contributed by atoms with Crippen molar-refractivity contribution in [2.24, 2.45) is 0 Å². The summed E-state index contributed by atoms with van der Waals surface area (Å²) in [6, 6.07) is 7.97. The van der Waals surface area contributed by atoms with Crippen LogP contribution in [0, 0.1) is 10.1 Å². The van der Waals surface area contributed by atoms with Crippen molar-refractivity contribution in [1.29, 1.82) is 0 Å². The lowest BCUT2D eigenvalue weighted by molar-refractivity contribution is -0.384. The Labute approximate surface area is 160 Å². The number of benzene rings is 1. The molecule has 10 heteroatoms. The standard InChI is InChI=1S/C17H18N4O5S/c1-25-12-4-5-13(14(11-12)21(23)24)19-6-8-20(9-7-19)17(27)18-16(22)15-3-2-10-26-15/h2-5,10-11H,6-9H2,1H3,(H,18,22,27). The maximum atomic E-state index is 12.0. The van der Waals surface area contributed by atoms with Crippen LogP contribution in [-0.4, -0.2) is 54.1 Å². The number of amides is 1. The highest BCUT2D eigenvalue weighted by Crippen LogP contribution is 2.32. The third-order valence-electron chi connectivity index (χ3n) is 4.25. The van der Waals surface area contributed by atoms with Gasteiger partial charge < -0.3 is 19.0 Å². The summed E-state index contributed by atoms with van der Waals surface area (Å²) in [5, 5.41) is 14.3. The van der Waals surface area contributed by atoms with Gasteiger partial charge in [0.2, 0.25) is 0 Å². The van der Waals surface area contributed by atoms with Crippen molar-refractivity contribution in [3.8, 4) is 5.75 Å². The number of nitro groups is 1. The van der Waals surface area contributed by atoms with Crippen LogP contribution in [0.1, 0.15) is 10.6 Å². The molecule has 2 heterocycles. The number of thiocarbonyl (C=S) groups is 1. The number of anilines is 1. The van der Waals surface area contributed by atoms with E-state index >= 15 is 0 Å². The average Bonchev–Trinajstić information content (AvgIpc) is 3.22. The summed E-state index contributed by atoms with van der Waals surface area (Å²) in [5.41, 5.74) is 0.530. The Morgan fingerprint density at radius 2 is 2.04 bits per heavy atom. The van der Waals surface area contributed by atoms with Crippen molar-refractivity contribution < 1.29 is 18.9 Å². The van der Waals surface area contributed by atoms with Gasteiger partial charge >= 0.3 is 0 Å². The maximum Gasteiger partial charge on any atom is 0.296 e. The monoisotopic (exact) mass is 390 g/mol. The van der Waals surface area contributed by atoms with Crippen LogP contribution in [0.4, 0.5) is 11.4 Å². The molecule has 0 spiro atoms. The van der Waals surface area contributed by atoms with Gasteiger partial charge in [-0.15, -0.1) is 0 Å². The van der Waals surface area contributed by atoms with Crippen LogP contribution in [0.5, 0.6) is 5.75 Å². The van der Waals surface area contributed by atoms with Gasteiger partial charge in [0.05, 0.1) is 24.4 Å². The van der Waals surface area contributed by atoms with Gasteiger partial charge in [0.1, 0.15) is 11.4 Å². The predicted molar refractivity (Wildman–Crippen MR) is 102 cm³/mol. The van der Waals surface area contributed by atoms with Crippen LogP contribution in [0.3, 0.4) is 0 Å². The minimum atomic E-state index is -0.418. The number of piperazine rings is 1. The zero-order chi connectivity index (χ0) is 19.4. The minimum Gasteiger partial charge on any atom is -0.496 e. The van der Waals surface area contributed by atoms with E-state index in [1.165, 1.54) is 19.4 Å². The summed E-state index contributed by atoms with van der Waals surface area (Å²) >= 11 is 5.29. The van der Waals surface area contributed by atoms with E-state index in [1.807, 2.05) is 9.80 Å². The highest BCUT2D eigenvalue weighted by molar-refractivity contribution is 7.80. The van der Waals surface area contributed by atoms with E-state index in [0.29, 0.717) is 42.7 Å². The van der Waals surface area contributed by atoms with Crippen LogP contribution in [0.15, 0.2) is 41.0 Å². The van der Waals surface area contributed by atoms with E-state index in [2.05, 4.69) is 5.32 Å². The van der Waals surface area contributed by atoms with Crippen LogP contribution < -0.4 is 15.0 Å². The molecule has 9 nitrogen and oxygen atoms in total. The van der Waals surface area contributed by atoms with Gasteiger partial charge in [0.15, 0.2) is 10.9 Å². The molecule has 0 atom stereocenters. The average molecular weight is 390 g/mol. The summed E-state index contributed by atoms with van der Waals surface area (Å²) in [7, 11) is 1.47. The van der Waals surface area contributed by atoms with E-state index in [-0.39, 0.29) is 11.4 Å². The number of hydrogen-bond acceptors (Lipinski definition) is 7. The first-order valence-corrected chi connectivity index (χ1v) is 8.61. The molecule has 0 saturated carbocycles. The van der Waals surface area contributed by atoms with E-state index in [9.17, 15) is 14.9 Å². The zero-order valence-corrected chi connectivity index (χ0v) is 15.4. The number of rotatable bonds is 4. The number of ether oxygens (including phenoxy) is 1. The first-order chi connectivity index (χ1) is 13.0. The number of methoxy groups -OCH3 is 1. The van der Waals surface area contributed by atoms with Crippen molar-refractivity contribution >= 4 is 34.6 Å². The van der Waals surface area contributed by atoms with Crippen LogP contribution in [-0.2, 0) is 0 Å². The molecule has 1 fully saturated rings. The van der Waals surface area contributed by atoms with Gasteiger partial charge in [-0.3, -0.25) is 20.2 Å². The van der Waals surface area contributed by atoms with Crippen LogP contribution in [0.2, 0.25) is 0 Å². The smallest absolute Gasteiger partial charge is 0.296 e. The van der Waals surface area contributed by atoms with Gasteiger partial charge in [-0.05, 0) is 36.5 Å². The lowest BCUT2D eigenvalue weighted by atomic mass is 10.2. The van der Waals surface area contributed by atoms with Gasteiger partial charge in [-0.25, -0.2) is 0 Å². The zero-order valence-electron chi connectivity index (χ0n) is 14.6. The summed E-state index contributed by atoms with van der Waals surface area (Å²) in [4.78, 5) is 26.7. The number of carbonyl (C=O) groups excluding carboxylic acids is 1. The second kappa shape index (κ2) is 8.04. The molecular weight excluding hydrogens is 372 g/mol. The molecule has 2 aromatic rings. The molecule has 1 amide bonds. The van der Waals surface area contributed by atoms with Gasteiger partial charge in [0.25, 0.3) is 11.6 Å². The summed E-state index contributed by atoms with van der Waals surface area (Å²) in [6.45, 7) is 2.12. The van der Waals surface area contributed by atoms with Gasteiger partial charge in [-0.2, -0.15) is 0 Å². The Balaban J connectivity index is 1.63. The molecular formula is C17H18N4O5S. The Bertz CT molecular complexity index is 847. The largest absolute Gasteiger partial charge is 0.496 e. The number of nitrogens with one attached hydrogen (secondary N) is 1. The predicted octanol–water partition coefficient (Wildman–Crippen LogP) is 2.03. The maximum absolute atomic E-state index is 12.0. The highest BCUT2D eigenvalue weighted by Gasteiger charge is 2.26. The Kier molecular flexibility index (Phi) is 5.55. The molecule has 1 aromatic heterocycles. The quantitative estimate of drug-likeness (QED) is 0.481. The van der Waals surface area contributed by atoms with Crippen LogP contribution >= 0.6 is 12.2 Å². The molecule has 1 aliphatic heterocycles. The fourth-order valence-electron chi connectivity index (χ4n) is 2.84. The molecule has 1 aromatic carbocycles. The lowest BCUT2D eigenvalue weighted by Crippen LogP contribution is -2.52. The first kappa shape index (κ1) is 18.6. The fourth-order valence-corrected chi connectivity index (χ4v) is 3.12. The van der Waals surface area contributed by atoms with Crippen molar-refractivity contribution in [2.75, 3.05) is 38.2 Å². The SMILES string of the molecule is COc1ccc(N2CCN(C(=S)NC(=O)c3ccco3)CC2)c([N+](=O)[O-])c1. The molecule has 0 radical (unpaired) electrons. The van der Waals surface area contributed by atoms with E-state index in [1.54, 1.807) is 24.3 Å². The minimum absolute atomic E-state index is 0.00324. The van der Waals surface area contributed by atoms with Gasteiger partial charge in [0, 0.05) is 26.2 Å². The summed E-state index contributed by atoms with van der Waals surface area (Å²) in [6.07, 6.45) is 1.42. The Hall–Kier alpha value is -3.14. The number of nitrogens with zero attached hydrogens (tertiary/aromatic N) is 3. The molecule has 27 heavy (non-hydrogen) atoms. The van der Waals surface area contributed by atoms with Crippen molar-refractivity contribution in [3.05, 3.63) is 52.5 Å². The van der Waals surface area contributed by atoms with Crippen molar-refractivity contribution in [2.45, 2.75) is 0 Å². The van der Waals surface area contributed by atoms with Crippen molar-refractivity contribution in [3.63, 3.8) is 0 Å². The molecule has 1 aliphatic rings. The van der Waals surface area contributed by atoms with Crippen LogP contribution in [0.25, 0.3) is 0 Å². The van der Waals surface area contributed by atoms with Crippen molar-refractivity contribution in [1.82, 2.24) is 10.2 Å². The molecule has 1 saturated heterocycles. The molecule has 0 aliphatic carbocycles. The summed E-state index contributed by atoms with van der Waals surface area (Å²) in [5.74, 6) is 0.217. The molecule has 0 bridgehead atoms. The molecule has 3 rings (SSSR count). The summed E-state index contributed by atoms with van der Waals surface area (Å²) < 4.78 is 10.1. The normalized spacial score (nSPS) is 14.0. The second-order valence-corrected chi connectivity index (χ2v) is 6.21. The van der Waals surface area contributed by atoms with Gasteiger partial charge in [-0.1, -0.05) is 0 Å². The number of furan rings is 1. The van der Waals surface area contributed by atoms with E-state index < -0.39 is 10.8 Å². The lowest BCUT2D eigenvalue weighted by Gasteiger charge is -2.36. The van der Waals surface area contributed by atoms with E-state index in [4.69, 9.17) is 21.4 Å². The number of carbonyl (C=O) groups is 1. The van der Waals surface area contributed by atoms with E-state index in [0.717, 1.165) is 0 Å². The highest BCUT2D eigenvalue weighted by atomic mass is 32.1. The third kappa shape index (κ3) is 4.17. The molecule has 142 valence electrons. The fraction of sp³-hybridized carbons (Fsp3) is 0.294. The second-order valence-electron chi connectivity index (χ2n) is 5.82.